The number of aliphatic hydroxyl groups is 1. The molecule has 4 heteroatoms. The largest absolute Gasteiger partial charge is 0.473 e. The average molecular weight is 182 g/mol. The predicted octanol–water partition coefficient (Wildman–Crippen LogP) is 0.384. The molecule has 0 aliphatic carbocycles. The lowest BCUT2D eigenvalue weighted by Gasteiger charge is -2.11. The van der Waals surface area contributed by atoms with Crippen LogP contribution in [0.4, 0.5) is 5.69 Å². The molecule has 1 unspecified atom stereocenters. The van der Waals surface area contributed by atoms with Crippen LogP contribution in [0, 0.1) is 0 Å². The van der Waals surface area contributed by atoms with Gasteiger partial charge < -0.3 is 15.2 Å². The van der Waals surface area contributed by atoms with Crippen molar-refractivity contribution in [3.05, 3.63) is 24.3 Å². The maximum Gasteiger partial charge on any atom is 0.170 e. The second-order valence-electron chi connectivity index (χ2n) is 2.61. The molecule has 0 aliphatic heterocycles. The minimum atomic E-state index is -0.652. The van der Waals surface area contributed by atoms with Gasteiger partial charge in [0.25, 0.3) is 0 Å². The van der Waals surface area contributed by atoms with Gasteiger partial charge in [0.1, 0.15) is 5.75 Å². The fourth-order valence-electron chi connectivity index (χ4n) is 0.912. The number of hydrogen-bond acceptors (Lipinski definition) is 4. The zero-order valence-corrected chi connectivity index (χ0v) is 7.53. The highest BCUT2D eigenvalue weighted by Gasteiger charge is 2.00. The van der Waals surface area contributed by atoms with Gasteiger partial charge in [0.15, 0.2) is 6.23 Å². The summed E-state index contributed by atoms with van der Waals surface area (Å²) < 4.78 is 5.16. The van der Waals surface area contributed by atoms with E-state index in [1.54, 1.807) is 12.1 Å². The quantitative estimate of drug-likeness (QED) is 0.589. The molecule has 4 N–H and O–H groups in total. The molecule has 0 radical (unpaired) electrons. The summed E-state index contributed by atoms with van der Waals surface area (Å²) in [5.74, 6) is 0.653. The van der Waals surface area contributed by atoms with Crippen LogP contribution < -0.4 is 15.8 Å². The van der Waals surface area contributed by atoms with Crippen LogP contribution >= 0.6 is 0 Å². The van der Waals surface area contributed by atoms with Crippen LogP contribution in [0.1, 0.15) is 0 Å². The van der Waals surface area contributed by atoms with E-state index in [1.807, 2.05) is 19.2 Å². The molecule has 0 amide bonds. The molecule has 0 bridgehead atoms. The Bertz CT molecular complexity index is 248. The van der Waals surface area contributed by atoms with Crippen molar-refractivity contribution in [1.29, 1.82) is 0 Å². The highest BCUT2D eigenvalue weighted by Crippen LogP contribution is 2.15. The van der Waals surface area contributed by atoms with Crippen molar-refractivity contribution < 1.29 is 9.84 Å². The third-order valence-electron chi connectivity index (χ3n) is 1.61. The van der Waals surface area contributed by atoms with E-state index in [1.165, 1.54) is 0 Å². The number of rotatable bonds is 4. The van der Waals surface area contributed by atoms with Crippen LogP contribution in [-0.4, -0.2) is 25.0 Å². The highest BCUT2D eigenvalue weighted by molar-refractivity contribution is 5.45. The Kier molecular flexibility index (Phi) is 3.54. The Hall–Kier alpha value is -1.26. The topological polar surface area (TPSA) is 67.5 Å². The average Bonchev–Trinajstić information content (AvgIpc) is 2.19. The van der Waals surface area contributed by atoms with E-state index in [2.05, 4.69) is 5.32 Å². The second-order valence-corrected chi connectivity index (χ2v) is 2.61. The zero-order valence-electron chi connectivity index (χ0n) is 7.53. The Labute approximate surface area is 77.3 Å². The molecule has 0 spiro atoms. The number of anilines is 1. The Morgan fingerprint density at radius 2 is 2.08 bits per heavy atom. The number of ether oxygens (including phenoxy) is 1. The van der Waals surface area contributed by atoms with Crippen molar-refractivity contribution in [2.75, 3.05) is 19.0 Å². The number of hydrogen-bond donors (Lipinski definition) is 3. The van der Waals surface area contributed by atoms with Crippen molar-refractivity contribution in [1.82, 2.24) is 0 Å². The molecule has 0 fully saturated rings. The van der Waals surface area contributed by atoms with Crippen LogP contribution in [0.2, 0.25) is 0 Å². The molecule has 0 saturated heterocycles. The van der Waals surface area contributed by atoms with Crippen LogP contribution in [-0.2, 0) is 0 Å². The molecule has 72 valence electrons. The van der Waals surface area contributed by atoms with E-state index in [0.29, 0.717) is 5.75 Å². The molecule has 13 heavy (non-hydrogen) atoms. The lowest BCUT2D eigenvalue weighted by atomic mass is 10.3. The SMILES string of the molecule is CNc1ccc(OC(N)CO)cc1. The Morgan fingerprint density at radius 3 is 2.54 bits per heavy atom. The number of nitrogens with two attached hydrogens (primary N) is 1. The van der Waals surface area contributed by atoms with Gasteiger partial charge in [-0.25, -0.2) is 0 Å². The van der Waals surface area contributed by atoms with E-state index in [0.717, 1.165) is 5.69 Å². The molecule has 0 heterocycles. The zero-order chi connectivity index (χ0) is 9.68. The van der Waals surface area contributed by atoms with Gasteiger partial charge in [-0.05, 0) is 24.3 Å². The molecule has 0 aliphatic rings. The maximum absolute atomic E-state index is 8.63. The van der Waals surface area contributed by atoms with Gasteiger partial charge in [0.2, 0.25) is 0 Å². The summed E-state index contributed by atoms with van der Waals surface area (Å²) in [6.07, 6.45) is -0.652. The Morgan fingerprint density at radius 1 is 1.46 bits per heavy atom. The van der Waals surface area contributed by atoms with Gasteiger partial charge in [0, 0.05) is 12.7 Å². The minimum absolute atomic E-state index is 0.187. The minimum Gasteiger partial charge on any atom is -0.473 e. The summed E-state index contributed by atoms with van der Waals surface area (Å²) in [5, 5.41) is 11.6. The first-order valence-electron chi connectivity index (χ1n) is 4.07. The lowest BCUT2D eigenvalue weighted by molar-refractivity contribution is 0.121. The van der Waals surface area contributed by atoms with Gasteiger partial charge in [-0.15, -0.1) is 0 Å². The van der Waals surface area contributed by atoms with Crippen molar-refractivity contribution in [3.8, 4) is 5.75 Å². The van der Waals surface area contributed by atoms with Gasteiger partial charge in [-0.1, -0.05) is 0 Å². The lowest BCUT2D eigenvalue weighted by Crippen LogP contribution is -2.30. The van der Waals surface area contributed by atoms with Crippen LogP contribution in [0.5, 0.6) is 5.75 Å². The normalized spacial score (nSPS) is 12.2. The molecule has 1 aromatic carbocycles. The fraction of sp³-hybridized carbons (Fsp3) is 0.333. The summed E-state index contributed by atoms with van der Waals surface area (Å²) in [4.78, 5) is 0. The summed E-state index contributed by atoms with van der Waals surface area (Å²) in [5.41, 5.74) is 6.39. The monoisotopic (exact) mass is 182 g/mol. The summed E-state index contributed by atoms with van der Waals surface area (Å²) in [6, 6.07) is 7.33. The first-order valence-corrected chi connectivity index (χ1v) is 4.07. The first kappa shape index (κ1) is 9.83. The van der Waals surface area contributed by atoms with Crippen molar-refractivity contribution >= 4 is 5.69 Å². The second kappa shape index (κ2) is 4.69. The van der Waals surface area contributed by atoms with Gasteiger partial charge >= 0.3 is 0 Å². The van der Waals surface area contributed by atoms with E-state index in [9.17, 15) is 0 Å². The molecule has 1 atom stereocenters. The molecule has 0 saturated carbocycles. The van der Waals surface area contributed by atoms with Crippen LogP contribution in [0.3, 0.4) is 0 Å². The fourth-order valence-corrected chi connectivity index (χ4v) is 0.912. The van der Waals surface area contributed by atoms with Gasteiger partial charge in [0.05, 0.1) is 6.61 Å². The Balaban J connectivity index is 2.58. The summed E-state index contributed by atoms with van der Waals surface area (Å²) >= 11 is 0. The van der Waals surface area contributed by atoms with E-state index < -0.39 is 6.23 Å². The maximum atomic E-state index is 8.63. The molecule has 1 rings (SSSR count). The molecule has 4 nitrogen and oxygen atoms in total. The molecular formula is C9H14N2O2. The molecule has 1 aromatic rings. The number of nitrogens with one attached hydrogen (secondary N) is 1. The summed E-state index contributed by atoms with van der Waals surface area (Å²) in [7, 11) is 1.84. The van der Waals surface area contributed by atoms with E-state index >= 15 is 0 Å². The third kappa shape index (κ3) is 2.93. The van der Waals surface area contributed by atoms with Crippen molar-refractivity contribution in [3.63, 3.8) is 0 Å². The first-order chi connectivity index (χ1) is 6.26. The standard InChI is InChI=1S/C9H14N2O2/c1-11-7-2-4-8(5-3-7)13-9(10)6-12/h2-5,9,11-12H,6,10H2,1H3. The smallest absolute Gasteiger partial charge is 0.170 e. The van der Waals surface area contributed by atoms with E-state index in [4.69, 9.17) is 15.6 Å². The van der Waals surface area contributed by atoms with Crippen molar-refractivity contribution in [2.45, 2.75) is 6.23 Å². The van der Waals surface area contributed by atoms with Gasteiger partial charge in [-0.2, -0.15) is 0 Å². The van der Waals surface area contributed by atoms with Crippen molar-refractivity contribution in [2.24, 2.45) is 5.73 Å². The van der Waals surface area contributed by atoms with Crippen LogP contribution in [0.25, 0.3) is 0 Å². The summed E-state index contributed by atoms with van der Waals surface area (Å²) in [6.45, 7) is -0.187. The molecular weight excluding hydrogens is 168 g/mol. The number of aliphatic hydroxyl groups excluding tert-OH is 1. The van der Waals surface area contributed by atoms with Gasteiger partial charge in [-0.3, -0.25) is 5.73 Å². The predicted molar refractivity (Wildman–Crippen MR) is 51.7 cm³/mol. The van der Waals surface area contributed by atoms with Crippen LogP contribution in [0.15, 0.2) is 24.3 Å². The third-order valence-corrected chi connectivity index (χ3v) is 1.61. The van der Waals surface area contributed by atoms with E-state index in [-0.39, 0.29) is 6.61 Å². The molecule has 0 aromatic heterocycles. The highest BCUT2D eigenvalue weighted by atomic mass is 16.5. The number of benzene rings is 1.